The Hall–Kier alpha value is -1.12. The van der Waals surface area contributed by atoms with Gasteiger partial charge < -0.3 is 15.5 Å². The lowest BCUT2D eigenvalue weighted by Gasteiger charge is -2.22. The smallest absolute Gasteiger partial charge is 0.257 e. The summed E-state index contributed by atoms with van der Waals surface area (Å²) in [5.41, 5.74) is 2.35. The number of alkyl halides is 2. The summed E-state index contributed by atoms with van der Waals surface area (Å²) in [5, 5.41) is 6.20. The van der Waals surface area contributed by atoms with Gasteiger partial charge in [-0.15, -0.1) is 24.0 Å². The van der Waals surface area contributed by atoms with Gasteiger partial charge in [-0.1, -0.05) is 12.1 Å². The second kappa shape index (κ2) is 10.7. The van der Waals surface area contributed by atoms with E-state index in [2.05, 4.69) is 32.7 Å². The van der Waals surface area contributed by atoms with E-state index in [-0.39, 0.29) is 30.0 Å². The van der Waals surface area contributed by atoms with Crippen LogP contribution in [0.1, 0.15) is 38.3 Å². The second-order valence-electron chi connectivity index (χ2n) is 5.77. The minimum absolute atomic E-state index is 0. The van der Waals surface area contributed by atoms with Gasteiger partial charge in [-0.25, -0.2) is 13.8 Å². The quantitative estimate of drug-likeness (QED) is 0.392. The Morgan fingerprint density at radius 1 is 1.29 bits per heavy atom. The highest BCUT2D eigenvalue weighted by Gasteiger charge is 2.14. The standard InChI is InChI=1S/C17H26F2N4.HI/c1-3-20-17(21-12-16(18)19)22-13(2)14-7-6-8-15(11-14)23-9-4-5-10-23;/h6-8,11,13,16H,3-5,9-10,12H2,1-2H3,(H2,20,21,22);1H. The number of rotatable bonds is 6. The van der Waals surface area contributed by atoms with Crippen molar-refractivity contribution in [1.29, 1.82) is 0 Å². The summed E-state index contributed by atoms with van der Waals surface area (Å²) >= 11 is 0. The van der Waals surface area contributed by atoms with Crippen molar-refractivity contribution in [1.82, 2.24) is 10.6 Å². The van der Waals surface area contributed by atoms with Gasteiger partial charge in [0, 0.05) is 25.3 Å². The Bertz CT molecular complexity index is 519. The van der Waals surface area contributed by atoms with Crippen molar-refractivity contribution in [2.45, 2.75) is 39.2 Å². The molecule has 2 rings (SSSR count). The van der Waals surface area contributed by atoms with Crippen molar-refractivity contribution >= 4 is 35.6 Å². The van der Waals surface area contributed by atoms with Crippen LogP contribution in [0.25, 0.3) is 0 Å². The molecule has 7 heteroatoms. The fourth-order valence-electron chi connectivity index (χ4n) is 2.73. The third-order valence-corrected chi connectivity index (χ3v) is 3.93. The van der Waals surface area contributed by atoms with Crippen LogP contribution in [0.15, 0.2) is 29.3 Å². The molecule has 0 amide bonds. The van der Waals surface area contributed by atoms with Gasteiger partial charge in [0.2, 0.25) is 0 Å². The SMILES string of the molecule is CCNC(=NCC(F)F)NC(C)c1cccc(N2CCCC2)c1.I. The molecule has 1 aliphatic heterocycles. The highest BCUT2D eigenvalue weighted by Crippen LogP contribution is 2.23. The molecule has 4 nitrogen and oxygen atoms in total. The van der Waals surface area contributed by atoms with E-state index in [0.717, 1.165) is 18.7 Å². The first-order chi connectivity index (χ1) is 11.1. The number of halogens is 3. The van der Waals surface area contributed by atoms with Crippen molar-refractivity contribution in [3.63, 3.8) is 0 Å². The Morgan fingerprint density at radius 2 is 2.00 bits per heavy atom. The molecule has 0 saturated carbocycles. The van der Waals surface area contributed by atoms with E-state index in [1.165, 1.54) is 18.5 Å². The van der Waals surface area contributed by atoms with Gasteiger partial charge in [0.15, 0.2) is 5.96 Å². The Kier molecular flexibility index (Phi) is 9.31. The largest absolute Gasteiger partial charge is 0.372 e. The zero-order valence-corrected chi connectivity index (χ0v) is 16.6. The number of nitrogens with one attached hydrogen (secondary N) is 2. The molecule has 0 bridgehead atoms. The van der Waals surface area contributed by atoms with E-state index in [4.69, 9.17) is 0 Å². The lowest BCUT2D eigenvalue weighted by atomic mass is 10.1. The van der Waals surface area contributed by atoms with E-state index < -0.39 is 13.0 Å². The molecule has 1 heterocycles. The molecule has 0 aromatic heterocycles. The lowest BCUT2D eigenvalue weighted by Crippen LogP contribution is -2.39. The molecule has 1 fully saturated rings. The van der Waals surface area contributed by atoms with Gasteiger partial charge in [0.25, 0.3) is 6.43 Å². The van der Waals surface area contributed by atoms with Crippen LogP contribution in [0, 0.1) is 0 Å². The van der Waals surface area contributed by atoms with Crippen LogP contribution in [0.5, 0.6) is 0 Å². The molecule has 0 spiro atoms. The van der Waals surface area contributed by atoms with Crippen LogP contribution >= 0.6 is 24.0 Å². The maximum Gasteiger partial charge on any atom is 0.257 e. The number of guanidine groups is 1. The van der Waals surface area contributed by atoms with Gasteiger partial charge in [0.1, 0.15) is 6.54 Å². The number of anilines is 1. The second-order valence-corrected chi connectivity index (χ2v) is 5.77. The average Bonchev–Trinajstić information content (AvgIpc) is 3.07. The Labute approximate surface area is 160 Å². The van der Waals surface area contributed by atoms with E-state index in [1.54, 1.807) is 0 Å². The molecular weight excluding hydrogens is 425 g/mol. The highest BCUT2D eigenvalue weighted by atomic mass is 127. The Morgan fingerprint density at radius 3 is 2.62 bits per heavy atom. The predicted molar refractivity (Wildman–Crippen MR) is 107 cm³/mol. The molecule has 1 aromatic rings. The first kappa shape index (κ1) is 20.9. The summed E-state index contributed by atoms with van der Waals surface area (Å²) in [7, 11) is 0. The minimum Gasteiger partial charge on any atom is -0.372 e. The maximum absolute atomic E-state index is 12.4. The van der Waals surface area contributed by atoms with Crippen molar-refractivity contribution < 1.29 is 8.78 Å². The molecule has 2 N–H and O–H groups in total. The van der Waals surface area contributed by atoms with Gasteiger partial charge in [-0.3, -0.25) is 0 Å². The van der Waals surface area contributed by atoms with Crippen LogP contribution in [-0.4, -0.2) is 38.6 Å². The molecule has 1 aliphatic rings. The van der Waals surface area contributed by atoms with Gasteiger partial charge in [-0.05, 0) is 44.4 Å². The number of nitrogens with zero attached hydrogens (tertiary/aromatic N) is 2. The summed E-state index contributed by atoms with van der Waals surface area (Å²) in [6.07, 6.45) is 0.0467. The number of aliphatic imine (C=N–C) groups is 1. The van der Waals surface area contributed by atoms with E-state index >= 15 is 0 Å². The van der Waals surface area contributed by atoms with Crippen LogP contribution in [-0.2, 0) is 0 Å². The van der Waals surface area contributed by atoms with Gasteiger partial charge in [-0.2, -0.15) is 0 Å². The zero-order chi connectivity index (χ0) is 16.7. The lowest BCUT2D eigenvalue weighted by molar-refractivity contribution is 0.158. The molecule has 1 saturated heterocycles. The molecule has 1 unspecified atom stereocenters. The van der Waals surface area contributed by atoms with Crippen molar-refractivity contribution in [3.8, 4) is 0 Å². The summed E-state index contributed by atoms with van der Waals surface area (Å²) in [5.74, 6) is 0.423. The van der Waals surface area contributed by atoms with Crippen molar-refractivity contribution in [3.05, 3.63) is 29.8 Å². The predicted octanol–water partition coefficient (Wildman–Crippen LogP) is 3.79. The van der Waals surface area contributed by atoms with Crippen LogP contribution in [0.4, 0.5) is 14.5 Å². The summed E-state index contributed by atoms with van der Waals surface area (Å²) in [6.45, 7) is 6.27. The third kappa shape index (κ3) is 6.41. The Balaban J connectivity index is 0.00000288. The van der Waals surface area contributed by atoms with E-state index in [9.17, 15) is 8.78 Å². The van der Waals surface area contributed by atoms with Gasteiger partial charge >= 0.3 is 0 Å². The fourth-order valence-corrected chi connectivity index (χ4v) is 2.73. The molecule has 1 aromatic carbocycles. The highest BCUT2D eigenvalue weighted by molar-refractivity contribution is 14.0. The maximum atomic E-state index is 12.4. The van der Waals surface area contributed by atoms with Crippen LogP contribution in [0.2, 0.25) is 0 Å². The monoisotopic (exact) mass is 452 g/mol. The molecular formula is C17H27F2IN4. The summed E-state index contributed by atoms with van der Waals surface area (Å²) < 4.78 is 24.7. The summed E-state index contributed by atoms with van der Waals surface area (Å²) in [6, 6.07) is 8.38. The molecule has 136 valence electrons. The number of benzene rings is 1. The van der Waals surface area contributed by atoms with E-state index in [0.29, 0.717) is 12.5 Å². The van der Waals surface area contributed by atoms with Crippen LogP contribution < -0.4 is 15.5 Å². The topological polar surface area (TPSA) is 39.7 Å². The third-order valence-electron chi connectivity index (χ3n) is 3.93. The number of hydrogen-bond acceptors (Lipinski definition) is 2. The minimum atomic E-state index is -2.43. The van der Waals surface area contributed by atoms with Crippen LogP contribution in [0.3, 0.4) is 0 Å². The molecule has 0 radical (unpaired) electrons. The number of hydrogen-bond donors (Lipinski definition) is 2. The van der Waals surface area contributed by atoms with Crippen molar-refractivity contribution in [2.75, 3.05) is 31.1 Å². The van der Waals surface area contributed by atoms with E-state index in [1.807, 2.05) is 26.0 Å². The molecule has 0 aliphatic carbocycles. The first-order valence-corrected chi connectivity index (χ1v) is 8.28. The zero-order valence-electron chi connectivity index (χ0n) is 14.3. The fraction of sp³-hybridized carbons (Fsp3) is 0.588. The normalized spacial score (nSPS) is 16.0. The van der Waals surface area contributed by atoms with Crippen molar-refractivity contribution in [2.24, 2.45) is 4.99 Å². The molecule has 1 atom stereocenters. The average molecular weight is 452 g/mol. The van der Waals surface area contributed by atoms with Gasteiger partial charge in [0.05, 0.1) is 6.04 Å². The first-order valence-electron chi connectivity index (χ1n) is 8.28. The molecule has 24 heavy (non-hydrogen) atoms. The summed E-state index contributed by atoms with van der Waals surface area (Å²) in [4.78, 5) is 6.29.